The molecule has 0 spiro atoms. The van der Waals surface area contributed by atoms with Crippen molar-refractivity contribution in [2.45, 2.75) is 49.7 Å². The monoisotopic (exact) mass is 481 g/mol. The second-order valence-corrected chi connectivity index (χ2v) is 8.33. The summed E-state index contributed by atoms with van der Waals surface area (Å²) < 4.78 is 68.0. The average Bonchev–Trinajstić information content (AvgIpc) is 2.69. The van der Waals surface area contributed by atoms with Gasteiger partial charge >= 0.3 is 6.18 Å². The maximum Gasteiger partial charge on any atom is 0.417 e. The normalized spacial score (nSPS) is 22.8. The van der Waals surface area contributed by atoms with E-state index in [9.17, 15) is 31.9 Å². The second kappa shape index (κ2) is 8.92. The van der Waals surface area contributed by atoms with E-state index in [2.05, 4.69) is 5.32 Å². The van der Waals surface area contributed by atoms with Crippen LogP contribution in [0.5, 0.6) is 0 Å². The fourth-order valence-corrected chi connectivity index (χ4v) is 4.18. The zero-order valence-corrected chi connectivity index (χ0v) is 17.5. The molecule has 168 valence electrons. The summed E-state index contributed by atoms with van der Waals surface area (Å²) in [5, 5.41) is 13.0. The number of hydrogen-bond donors (Lipinski definition) is 2. The van der Waals surface area contributed by atoms with Gasteiger partial charge in [-0.3, -0.25) is 4.79 Å². The van der Waals surface area contributed by atoms with E-state index in [1.165, 1.54) is 12.1 Å². The molecule has 1 saturated carbocycles. The molecule has 0 radical (unpaired) electrons. The van der Waals surface area contributed by atoms with E-state index in [4.69, 9.17) is 23.2 Å². The lowest BCUT2D eigenvalue weighted by Crippen LogP contribution is -2.49. The zero-order chi connectivity index (χ0) is 23.0. The Morgan fingerprint density at radius 1 is 1.16 bits per heavy atom. The molecule has 2 N–H and O–H groups in total. The Hall–Kier alpha value is -1.90. The lowest BCUT2D eigenvalue weighted by atomic mass is 9.76. The van der Waals surface area contributed by atoms with Gasteiger partial charge in [0.05, 0.1) is 27.8 Å². The summed E-state index contributed by atoms with van der Waals surface area (Å²) in [5.41, 5.74) is -3.75. The van der Waals surface area contributed by atoms with Gasteiger partial charge in [0.2, 0.25) is 0 Å². The molecule has 10 heteroatoms. The van der Waals surface area contributed by atoms with Crippen LogP contribution < -0.4 is 5.32 Å². The lowest BCUT2D eigenvalue weighted by molar-refractivity contribution is -0.137. The van der Waals surface area contributed by atoms with Crippen LogP contribution in [-0.4, -0.2) is 22.8 Å². The summed E-state index contributed by atoms with van der Waals surface area (Å²) in [6.45, 7) is 0. The van der Waals surface area contributed by atoms with Crippen molar-refractivity contribution in [2.24, 2.45) is 0 Å². The Morgan fingerprint density at radius 2 is 1.81 bits per heavy atom. The minimum atomic E-state index is -4.84. The van der Waals surface area contributed by atoms with Crippen LogP contribution in [0.15, 0.2) is 36.4 Å². The van der Waals surface area contributed by atoms with Crippen molar-refractivity contribution in [2.75, 3.05) is 0 Å². The predicted octanol–water partition coefficient (Wildman–Crippen LogP) is 6.27. The Labute approximate surface area is 185 Å². The van der Waals surface area contributed by atoms with Crippen molar-refractivity contribution in [3.63, 3.8) is 0 Å². The lowest BCUT2D eigenvalue weighted by Gasteiger charge is -2.41. The van der Waals surface area contributed by atoms with E-state index >= 15 is 0 Å². The average molecular weight is 482 g/mol. The van der Waals surface area contributed by atoms with E-state index in [0.29, 0.717) is 6.07 Å². The van der Waals surface area contributed by atoms with E-state index in [0.717, 1.165) is 18.2 Å². The Morgan fingerprint density at radius 3 is 2.42 bits per heavy atom. The summed E-state index contributed by atoms with van der Waals surface area (Å²) in [7, 11) is 0. The minimum absolute atomic E-state index is 0.0228. The van der Waals surface area contributed by atoms with Gasteiger partial charge in [0, 0.05) is 5.02 Å². The number of carbonyl (C=O) groups excluding carboxylic acids is 1. The number of carbonyl (C=O) groups is 1. The van der Waals surface area contributed by atoms with Gasteiger partial charge < -0.3 is 10.4 Å². The third kappa shape index (κ3) is 5.13. The number of hydrogen-bond acceptors (Lipinski definition) is 2. The number of aliphatic hydroxyl groups is 1. The Kier molecular flexibility index (Phi) is 6.84. The smallest absolute Gasteiger partial charge is 0.387 e. The van der Waals surface area contributed by atoms with Gasteiger partial charge in [-0.1, -0.05) is 35.3 Å². The maximum absolute atomic E-state index is 14.1. The highest BCUT2D eigenvalue weighted by Crippen LogP contribution is 2.42. The van der Waals surface area contributed by atoms with Gasteiger partial charge in [-0.15, -0.1) is 0 Å². The Bertz CT molecular complexity index is 975. The van der Waals surface area contributed by atoms with Crippen molar-refractivity contribution in [1.82, 2.24) is 5.32 Å². The third-order valence-corrected chi connectivity index (χ3v) is 6.05. The van der Waals surface area contributed by atoms with Crippen LogP contribution in [0.4, 0.5) is 22.0 Å². The minimum Gasteiger partial charge on any atom is -0.387 e. The van der Waals surface area contributed by atoms with E-state index in [1.54, 1.807) is 0 Å². The van der Waals surface area contributed by atoms with Crippen molar-refractivity contribution in [3.8, 4) is 0 Å². The van der Waals surface area contributed by atoms with Crippen LogP contribution in [0.3, 0.4) is 0 Å². The summed E-state index contributed by atoms with van der Waals surface area (Å²) in [6.07, 6.45) is -6.26. The van der Waals surface area contributed by atoms with Crippen LogP contribution in [0.1, 0.15) is 53.2 Å². The molecule has 1 aliphatic carbocycles. The molecule has 2 aromatic carbocycles. The number of nitrogens with one attached hydrogen (secondary N) is 1. The first-order valence-corrected chi connectivity index (χ1v) is 10.2. The van der Waals surface area contributed by atoms with Crippen LogP contribution in [0.2, 0.25) is 10.0 Å². The van der Waals surface area contributed by atoms with Gasteiger partial charge in [0.15, 0.2) is 0 Å². The molecule has 1 aliphatic rings. The first kappa shape index (κ1) is 23.8. The summed E-state index contributed by atoms with van der Waals surface area (Å²) in [5.74, 6) is -2.02. The van der Waals surface area contributed by atoms with Gasteiger partial charge in [0.25, 0.3) is 5.91 Å². The zero-order valence-electron chi connectivity index (χ0n) is 15.9. The molecular weight excluding hydrogens is 464 g/mol. The van der Waals surface area contributed by atoms with Crippen LogP contribution in [0.25, 0.3) is 0 Å². The molecule has 0 aliphatic heterocycles. The number of alkyl halides is 4. The second-order valence-electron chi connectivity index (χ2n) is 7.52. The molecule has 1 fully saturated rings. The molecule has 1 amide bonds. The van der Waals surface area contributed by atoms with E-state index in [1.807, 2.05) is 0 Å². The quantitative estimate of drug-likeness (QED) is 0.505. The van der Waals surface area contributed by atoms with Crippen molar-refractivity contribution in [3.05, 3.63) is 69.0 Å². The highest BCUT2D eigenvalue weighted by molar-refractivity contribution is 6.31. The van der Waals surface area contributed by atoms with Crippen molar-refractivity contribution >= 4 is 29.1 Å². The topological polar surface area (TPSA) is 49.3 Å². The predicted molar refractivity (Wildman–Crippen MR) is 106 cm³/mol. The fraction of sp³-hybridized carbons (Fsp3) is 0.381. The maximum atomic E-state index is 14.1. The molecule has 1 atom stereocenters. The van der Waals surface area contributed by atoms with Crippen LogP contribution in [-0.2, 0) is 6.18 Å². The van der Waals surface area contributed by atoms with E-state index in [-0.39, 0.29) is 36.3 Å². The third-order valence-electron chi connectivity index (χ3n) is 5.42. The van der Waals surface area contributed by atoms with Gasteiger partial charge in [-0.2, -0.15) is 13.2 Å². The molecule has 0 heterocycles. The molecule has 2 aromatic rings. The van der Waals surface area contributed by atoms with Crippen molar-refractivity contribution in [1.29, 1.82) is 0 Å². The molecule has 0 aromatic heterocycles. The van der Waals surface area contributed by atoms with Gasteiger partial charge in [-0.25, -0.2) is 8.78 Å². The first-order valence-electron chi connectivity index (χ1n) is 9.40. The summed E-state index contributed by atoms with van der Waals surface area (Å²) in [4.78, 5) is 12.9. The number of rotatable bonds is 4. The van der Waals surface area contributed by atoms with Gasteiger partial charge in [-0.05, 0) is 55.5 Å². The summed E-state index contributed by atoms with van der Waals surface area (Å²) >= 11 is 11.8. The van der Waals surface area contributed by atoms with Gasteiger partial charge in [0.1, 0.15) is 12.0 Å². The van der Waals surface area contributed by atoms with E-state index < -0.39 is 51.9 Å². The van der Waals surface area contributed by atoms with Crippen molar-refractivity contribution < 1.29 is 31.9 Å². The molecule has 1 unspecified atom stereocenters. The highest BCUT2D eigenvalue weighted by atomic mass is 35.5. The largest absolute Gasteiger partial charge is 0.417 e. The Balaban J connectivity index is 2.05. The SMILES string of the molecule is O=C(NC(c1cccc(F)c1Cl)[C@]1(O)CC[C@H](F)CC1)c1cc(Cl)ccc1C(F)(F)F. The number of halogens is 7. The highest BCUT2D eigenvalue weighted by Gasteiger charge is 2.44. The fourth-order valence-electron chi connectivity index (χ4n) is 3.78. The number of amides is 1. The molecule has 31 heavy (non-hydrogen) atoms. The molecular formula is C21H18Cl2F5NO2. The standard InChI is InChI=1S/C21H18Cl2F5NO2/c22-11-4-5-15(21(26,27)28)14(10-11)19(30)29-18(13-2-1-3-16(25)17(13)23)20(31)8-6-12(24)7-9-20/h1-5,10,12,18,31H,6-9H2,(H,29,30)/t12-,18?,20-. The molecule has 3 rings (SSSR count). The first-order chi connectivity index (χ1) is 14.4. The van der Waals surface area contributed by atoms with Crippen LogP contribution in [0, 0.1) is 5.82 Å². The molecule has 3 nitrogen and oxygen atoms in total. The van der Waals surface area contributed by atoms with Crippen LogP contribution >= 0.6 is 23.2 Å². The molecule has 0 saturated heterocycles. The summed E-state index contributed by atoms with van der Waals surface area (Å²) in [6, 6.07) is 4.84. The number of benzene rings is 2. The molecule has 0 bridgehead atoms.